The first kappa shape index (κ1) is 25.9. The molecule has 0 aromatic carbocycles. The molecule has 0 radical (unpaired) electrons. The van der Waals surface area contributed by atoms with Crippen LogP contribution in [0.4, 0.5) is 4.79 Å². The molecule has 2 aliphatic rings. The van der Waals surface area contributed by atoms with Gasteiger partial charge in [-0.25, -0.2) is 4.79 Å². The number of nitrogens with one attached hydrogen (secondary N) is 3. The van der Waals surface area contributed by atoms with Crippen molar-refractivity contribution in [2.45, 2.75) is 43.0 Å². The Hall–Kier alpha value is -1.33. The third kappa shape index (κ3) is 11.2. The molecule has 2 fully saturated rings. The van der Waals surface area contributed by atoms with Crippen LogP contribution in [0.2, 0.25) is 0 Å². The van der Waals surface area contributed by atoms with Crippen molar-refractivity contribution in [1.82, 2.24) is 16.0 Å². The van der Waals surface area contributed by atoms with Crippen molar-refractivity contribution in [2.24, 2.45) is 0 Å². The molecular formula is C21H37N3O6S. The highest BCUT2D eigenvalue weighted by Gasteiger charge is 2.42. The first-order valence-corrected chi connectivity index (χ1v) is 12.1. The summed E-state index contributed by atoms with van der Waals surface area (Å²) in [5, 5.41) is 9.27. The maximum atomic E-state index is 11.9. The average Bonchev–Trinajstić information content (AvgIpc) is 3.30. The predicted molar refractivity (Wildman–Crippen MR) is 120 cm³/mol. The summed E-state index contributed by atoms with van der Waals surface area (Å²) >= 11 is 1.91. The Morgan fingerprint density at radius 2 is 1.71 bits per heavy atom. The number of unbranched alkanes of at least 4 members (excludes halogenated alkanes) is 1. The van der Waals surface area contributed by atoms with Crippen molar-refractivity contribution >= 4 is 23.7 Å². The Morgan fingerprint density at radius 1 is 1.03 bits per heavy atom. The molecule has 3 amide bonds. The minimum Gasteiger partial charge on any atom is -0.377 e. The number of urea groups is 1. The Kier molecular flexibility index (Phi) is 13.7. The smallest absolute Gasteiger partial charge is 0.315 e. The van der Waals surface area contributed by atoms with Crippen LogP contribution in [-0.2, 0) is 23.7 Å². The van der Waals surface area contributed by atoms with Gasteiger partial charge in [-0.15, -0.1) is 6.58 Å². The van der Waals surface area contributed by atoms with E-state index in [0.717, 1.165) is 25.0 Å². The topological polar surface area (TPSA) is 107 Å². The van der Waals surface area contributed by atoms with Gasteiger partial charge >= 0.3 is 6.03 Å². The fourth-order valence-electron chi connectivity index (χ4n) is 3.45. The second-order valence-corrected chi connectivity index (χ2v) is 8.69. The van der Waals surface area contributed by atoms with Crippen LogP contribution in [0.5, 0.6) is 0 Å². The Morgan fingerprint density at radius 3 is 2.42 bits per heavy atom. The van der Waals surface area contributed by atoms with Crippen LogP contribution in [-0.4, -0.2) is 94.4 Å². The Balaban J connectivity index is 1.30. The zero-order valence-corrected chi connectivity index (χ0v) is 19.1. The van der Waals surface area contributed by atoms with E-state index in [1.807, 2.05) is 11.8 Å². The number of rotatable bonds is 19. The van der Waals surface area contributed by atoms with Crippen molar-refractivity contribution in [3.05, 3.63) is 12.7 Å². The van der Waals surface area contributed by atoms with Crippen molar-refractivity contribution in [3.8, 4) is 0 Å². The molecule has 9 nitrogen and oxygen atoms in total. The molecule has 2 heterocycles. The summed E-state index contributed by atoms with van der Waals surface area (Å²) in [5.74, 6) is 1.03. The first-order valence-electron chi connectivity index (χ1n) is 11.1. The zero-order valence-electron chi connectivity index (χ0n) is 18.3. The third-order valence-corrected chi connectivity index (χ3v) is 6.51. The number of carbonyl (C=O) groups is 2. The van der Waals surface area contributed by atoms with Crippen molar-refractivity contribution < 1.29 is 28.5 Å². The van der Waals surface area contributed by atoms with Crippen LogP contribution >= 0.6 is 11.8 Å². The van der Waals surface area contributed by atoms with Crippen LogP contribution in [0.25, 0.3) is 0 Å². The molecule has 2 saturated heterocycles. The lowest BCUT2D eigenvalue weighted by molar-refractivity contribution is -0.121. The summed E-state index contributed by atoms with van der Waals surface area (Å²) < 4.78 is 21.4. The summed E-state index contributed by atoms with van der Waals surface area (Å²) in [5.41, 5.74) is 0. The van der Waals surface area contributed by atoms with Crippen LogP contribution in [0, 0.1) is 0 Å². The van der Waals surface area contributed by atoms with Gasteiger partial charge in [0.15, 0.2) is 0 Å². The summed E-state index contributed by atoms with van der Waals surface area (Å²) in [6.45, 7) is 8.23. The van der Waals surface area contributed by atoms with E-state index in [1.54, 1.807) is 6.08 Å². The molecule has 0 bridgehead atoms. The molecule has 178 valence electrons. The quantitative estimate of drug-likeness (QED) is 0.151. The molecule has 3 atom stereocenters. The van der Waals surface area contributed by atoms with Gasteiger partial charge in [-0.05, 0) is 12.8 Å². The van der Waals surface area contributed by atoms with Gasteiger partial charge in [0.2, 0.25) is 5.91 Å². The number of thioether (sulfide) groups is 1. The average molecular weight is 460 g/mol. The fraction of sp³-hybridized carbons (Fsp3) is 0.810. The lowest BCUT2D eigenvalue weighted by Crippen LogP contribution is -2.36. The van der Waals surface area contributed by atoms with E-state index in [2.05, 4.69) is 22.5 Å². The van der Waals surface area contributed by atoms with E-state index in [-0.39, 0.29) is 24.0 Å². The maximum Gasteiger partial charge on any atom is 0.315 e. The largest absolute Gasteiger partial charge is 0.377 e. The standard InChI is InChI=1S/C21H37N3O6S/c1-2-8-27-10-12-29-14-15-30-13-11-28-9-7-22-19(25)6-4-3-5-18-20-17(16-31-18)23-21(26)24-20/h2,17-18,20H,1,3-16H2,(H,22,25)(H2,23,24,26)/t17-,18?,20-/m1/s1. The predicted octanol–water partition coefficient (Wildman–Crippen LogP) is 1.08. The Bertz CT molecular complexity index is 539. The number of ether oxygens (including phenoxy) is 4. The van der Waals surface area contributed by atoms with Gasteiger partial charge in [0, 0.05) is 24.0 Å². The molecule has 0 spiro atoms. The lowest BCUT2D eigenvalue weighted by atomic mass is 10.0. The third-order valence-electron chi connectivity index (χ3n) is 5.00. The molecule has 0 aromatic heterocycles. The molecule has 0 aromatic rings. The van der Waals surface area contributed by atoms with E-state index in [1.165, 1.54) is 0 Å². The molecule has 2 aliphatic heterocycles. The number of fused-ring (bicyclic) bond motifs is 1. The van der Waals surface area contributed by atoms with Crippen LogP contribution < -0.4 is 16.0 Å². The van der Waals surface area contributed by atoms with Gasteiger partial charge < -0.3 is 34.9 Å². The van der Waals surface area contributed by atoms with Crippen LogP contribution in [0.3, 0.4) is 0 Å². The molecular weight excluding hydrogens is 422 g/mol. The number of amides is 3. The van der Waals surface area contributed by atoms with Gasteiger partial charge in [0.05, 0.1) is 64.9 Å². The Labute approximate surface area is 189 Å². The molecule has 1 unspecified atom stereocenters. The molecule has 31 heavy (non-hydrogen) atoms. The van der Waals surface area contributed by atoms with Gasteiger partial charge in [-0.2, -0.15) is 11.8 Å². The zero-order chi connectivity index (χ0) is 22.2. The monoisotopic (exact) mass is 459 g/mol. The van der Waals surface area contributed by atoms with Crippen LogP contribution in [0.15, 0.2) is 12.7 Å². The fourth-order valence-corrected chi connectivity index (χ4v) is 5.00. The summed E-state index contributed by atoms with van der Waals surface area (Å²) in [4.78, 5) is 23.3. The van der Waals surface area contributed by atoms with E-state index < -0.39 is 0 Å². The van der Waals surface area contributed by atoms with E-state index >= 15 is 0 Å². The maximum absolute atomic E-state index is 11.9. The first-order chi connectivity index (χ1) is 15.2. The highest BCUT2D eigenvalue weighted by molar-refractivity contribution is 8.00. The summed E-state index contributed by atoms with van der Waals surface area (Å²) in [7, 11) is 0. The molecule has 2 rings (SSSR count). The highest BCUT2D eigenvalue weighted by Crippen LogP contribution is 2.33. The van der Waals surface area contributed by atoms with Gasteiger partial charge in [-0.1, -0.05) is 12.5 Å². The number of hydrogen-bond acceptors (Lipinski definition) is 7. The van der Waals surface area contributed by atoms with E-state index in [9.17, 15) is 9.59 Å². The van der Waals surface area contributed by atoms with E-state index in [4.69, 9.17) is 18.9 Å². The summed E-state index contributed by atoms with van der Waals surface area (Å²) in [6.07, 6.45) is 5.11. The van der Waals surface area contributed by atoms with Crippen molar-refractivity contribution in [1.29, 1.82) is 0 Å². The molecule has 3 N–H and O–H groups in total. The van der Waals surface area contributed by atoms with Crippen molar-refractivity contribution in [3.63, 3.8) is 0 Å². The van der Waals surface area contributed by atoms with Crippen LogP contribution in [0.1, 0.15) is 25.7 Å². The minimum absolute atomic E-state index is 0.0523. The van der Waals surface area contributed by atoms with Gasteiger partial charge in [0.1, 0.15) is 0 Å². The highest BCUT2D eigenvalue weighted by atomic mass is 32.2. The normalized spacial score (nSPS) is 22.1. The minimum atomic E-state index is -0.0523. The van der Waals surface area contributed by atoms with E-state index in [0.29, 0.717) is 71.1 Å². The lowest BCUT2D eigenvalue weighted by Gasteiger charge is -2.16. The molecule has 10 heteroatoms. The van der Waals surface area contributed by atoms with Gasteiger partial charge in [-0.3, -0.25) is 4.79 Å². The molecule has 0 saturated carbocycles. The second-order valence-electron chi connectivity index (χ2n) is 7.42. The SMILES string of the molecule is C=CCOCCOCCOCCOCCNC(=O)CCCCC1SC[C@H]2NC(=O)N[C@@H]12. The van der Waals surface area contributed by atoms with Crippen molar-refractivity contribution in [2.75, 3.05) is 65.2 Å². The molecule has 0 aliphatic carbocycles. The number of hydrogen-bond donors (Lipinski definition) is 3. The second kappa shape index (κ2) is 16.3. The summed E-state index contributed by atoms with van der Waals surface area (Å²) in [6, 6.07) is 0.447. The number of carbonyl (C=O) groups excluding carboxylic acids is 2. The van der Waals surface area contributed by atoms with Gasteiger partial charge in [0.25, 0.3) is 0 Å².